The lowest BCUT2D eigenvalue weighted by Gasteiger charge is -2.15. The van der Waals surface area contributed by atoms with E-state index in [0.29, 0.717) is 22.2 Å². The van der Waals surface area contributed by atoms with Gasteiger partial charge in [0, 0.05) is 22.8 Å². The van der Waals surface area contributed by atoms with Crippen LogP contribution in [-0.4, -0.2) is 27.9 Å². The highest BCUT2D eigenvalue weighted by atomic mass is 32.2. The molecule has 1 N–H and O–H groups in total. The Kier molecular flexibility index (Phi) is 7.19. The molecule has 3 aromatic rings. The van der Waals surface area contributed by atoms with Crippen LogP contribution in [0, 0.1) is 13.8 Å². The van der Waals surface area contributed by atoms with Gasteiger partial charge in [-0.2, -0.15) is 0 Å². The molecule has 0 spiro atoms. The number of carbonyl (C=O) groups is 2. The minimum atomic E-state index is -0.929. The molecule has 2 aromatic carbocycles. The molecule has 0 aliphatic carbocycles. The fourth-order valence-corrected chi connectivity index (χ4v) is 3.74. The van der Waals surface area contributed by atoms with Gasteiger partial charge in [-0.3, -0.25) is 4.79 Å². The van der Waals surface area contributed by atoms with E-state index >= 15 is 0 Å². The summed E-state index contributed by atoms with van der Waals surface area (Å²) in [6.07, 6.45) is -0.929. The largest absolute Gasteiger partial charge is 0.449 e. The molecule has 0 unspecified atom stereocenters. The number of nitrogens with zero attached hydrogens (tertiary/aromatic N) is 2. The molecule has 30 heavy (non-hydrogen) atoms. The summed E-state index contributed by atoms with van der Waals surface area (Å²) in [5, 5.41) is 3.39. The summed E-state index contributed by atoms with van der Waals surface area (Å²) in [4.78, 5) is 33.9. The Bertz CT molecular complexity index is 1020. The molecule has 1 heterocycles. The maximum atomic E-state index is 12.7. The topological polar surface area (TPSA) is 81.2 Å². The number of hydrogen-bond acceptors (Lipinski definition) is 6. The van der Waals surface area contributed by atoms with Crippen LogP contribution in [-0.2, 0) is 15.3 Å². The summed E-state index contributed by atoms with van der Waals surface area (Å²) in [6.45, 7) is 5.40. The van der Waals surface area contributed by atoms with Crippen molar-refractivity contribution >= 4 is 29.3 Å². The van der Waals surface area contributed by atoms with E-state index in [2.05, 4.69) is 15.3 Å². The van der Waals surface area contributed by atoms with Gasteiger partial charge in [0.1, 0.15) is 0 Å². The molecule has 1 atom stereocenters. The fourth-order valence-electron chi connectivity index (χ4n) is 2.79. The van der Waals surface area contributed by atoms with Crippen molar-refractivity contribution in [1.82, 2.24) is 9.97 Å². The van der Waals surface area contributed by atoms with E-state index in [1.165, 1.54) is 11.8 Å². The van der Waals surface area contributed by atoms with Crippen molar-refractivity contribution in [3.63, 3.8) is 0 Å². The smallest absolute Gasteiger partial charge is 0.339 e. The van der Waals surface area contributed by atoms with Crippen molar-refractivity contribution in [3.8, 4) is 0 Å². The Morgan fingerprint density at radius 3 is 2.33 bits per heavy atom. The zero-order valence-electron chi connectivity index (χ0n) is 17.1. The van der Waals surface area contributed by atoms with Gasteiger partial charge in [-0.25, -0.2) is 14.8 Å². The Hall–Kier alpha value is -3.19. The van der Waals surface area contributed by atoms with Gasteiger partial charge in [-0.1, -0.05) is 48.2 Å². The van der Waals surface area contributed by atoms with Gasteiger partial charge < -0.3 is 10.1 Å². The molecular weight excluding hydrogens is 398 g/mol. The van der Waals surface area contributed by atoms with Crippen LogP contribution >= 0.6 is 11.8 Å². The van der Waals surface area contributed by atoms with Crippen LogP contribution < -0.4 is 5.32 Å². The number of ether oxygens (including phenoxy) is 1. The SMILES string of the molecule is Cc1cc(C)nc(SCc2ccccc2C(=O)O[C@@H](C)C(=O)Nc2ccccc2)n1. The monoisotopic (exact) mass is 421 g/mol. The molecule has 0 bridgehead atoms. The number of para-hydroxylation sites is 1. The van der Waals surface area contributed by atoms with E-state index < -0.39 is 12.1 Å². The van der Waals surface area contributed by atoms with Crippen LogP contribution in [0.15, 0.2) is 65.8 Å². The highest BCUT2D eigenvalue weighted by Gasteiger charge is 2.21. The zero-order valence-corrected chi connectivity index (χ0v) is 17.9. The number of esters is 1. The molecule has 0 aliphatic rings. The normalized spacial score (nSPS) is 11.6. The van der Waals surface area contributed by atoms with Gasteiger partial charge in [0.15, 0.2) is 11.3 Å². The van der Waals surface area contributed by atoms with Crippen molar-refractivity contribution in [3.05, 3.63) is 83.2 Å². The van der Waals surface area contributed by atoms with E-state index in [1.54, 1.807) is 31.2 Å². The average Bonchev–Trinajstić information content (AvgIpc) is 2.72. The van der Waals surface area contributed by atoms with Gasteiger partial charge in [0.05, 0.1) is 5.56 Å². The van der Waals surface area contributed by atoms with Crippen LogP contribution in [0.3, 0.4) is 0 Å². The molecule has 0 saturated heterocycles. The number of amides is 1. The van der Waals surface area contributed by atoms with Crippen molar-refractivity contribution < 1.29 is 14.3 Å². The van der Waals surface area contributed by atoms with Gasteiger partial charge in [-0.15, -0.1) is 0 Å². The lowest BCUT2D eigenvalue weighted by molar-refractivity contribution is -0.123. The van der Waals surface area contributed by atoms with Crippen molar-refractivity contribution in [1.29, 1.82) is 0 Å². The third kappa shape index (κ3) is 5.90. The summed E-state index contributed by atoms with van der Waals surface area (Å²) < 4.78 is 5.41. The third-order valence-electron chi connectivity index (χ3n) is 4.25. The minimum absolute atomic E-state index is 0.384. The van der Waals surface area contributed by atoms with Crippen LogP contribution in [0.5, 0.6) is 0 Å². The van der Waals surface area contributed by atoms with E-state index in [9.17, 15) is 9.59 Å². The Labute approximate surface area is 180 Å². The van der Waals surface area contributed by atoms with Gasteiger partial charge in [0.25, 0.3) is 5.91 Å². The summed E-state index contributed by atoms with van der Waals surface area (Å²) in [5.41, 5.74) is 3.67. The molecule has 3 rings (SSSR count). The Morgan fingerprint density at radius 2 is 1.63 bits per heavy atom. The van der Waals surface area contributed by atoms with Crippen molar-refractivity contribution in [2.24, 2.45) is 0 Å². The average molecular weight is 422 g/mol. The molecule has 6 nitrogen and oxygen atoms in total. The zero-order chi connectivity index (χ0) is 21.5. The molecule has 1 aromatic heterocycles. The maximum Gasteiger partial charge on any atom is 0.339 e. The summed E-state index contributed by atoms with van der Waals surface area (Å²) in [6, 6.07) is 18.1. The van der Waals surface area contributed by atoms with Gasteiger partial charge in [0.2, 0.25) is 0 Å². The Morgan fingerprint density at radius 1 is 1.00 bits per heavy atom. The summed E-state index contributed by atoms with van der Waals surface area (Å²) >= 11 is 1.45. The number of carbonyl (C=O) groups excluding carboxylic acids is 2. The number of anilines is 1. The van der Waals surface area contributed by atoms with Gasteiger partial charge in [-0.05, 0) is 50.6 Å². The van der Waals surface area contributed by atoms with E-state index in [-0.39, 0.29) is 5.91 Å². The second-order valence-electron chi connectivity index (χ2n) is 6.78. The lowest BCUT2D eigenvalue weighted by Crippen LogP contribution is -2.30. The Balaban J connectivity index is 1.65. The molecule has 7 heteroatoms. The number of rotatable bonds is 7. The maximum absolute atomic E-state index is 12.7. The third-order valence-corrected chi connectivity index (χ3v) is 5.15. The quantitative estimate of drug-likeness (QED) is 0.342. The highest BCUT2D eigenvalue weighted by molar-refractivity contribution is 7.98. The number of aromatic nitrogens is 2. The predicted octanol–water partition coefficient (Wildman–Crippen LogP) is 4.57. The number of benzene rings is 2. The fraction of sp³-hybridized carbons (Fsp3) is 0.217. The summed E-state index contributed by atoms with van der Waals surface area (Å²) in [5.74, 6) is -0.410. The number of hydrogen-bond donors (Lipinski definition) is 1. The van der Waals surface area contributed by atoms with Crippen LogP contribution in [0.1, 0.15) is 34.2 Å². The van der Waals surface area contributed by atoms with Crippen LogP contribution in [0.2, 0.25) is 0 Å². The minimum Gasteiger partial charge on any atom is -0.449 e. The molecule has 0 fully saturated rings. The number of aryl methyl sites for hydroxylation is 2. The molecule has 0 aliphatic heterocycles. The molecule has 1 amide bonds. The van der Waals surface area contributed by atoms with E-state index in [0.717, 1.165) is 17.0 Å². The van der Waals surface area contributed by atoms with E-state index in [1.807, 2.05) is 50.2 Å². The molecule has 0 radical (unpaired) electrons. The first-order chi connectivity index (χ1) is 14.4. The van der Waals surface area contributed by atoms with Crippen LogP contribution in [0.4, 0.5) is 5.69 Å². The van der Waals surface area contributed by atoms with E-state index in [4.69, 9.17) is 4.74 Å². The predicted molar refractivity (Wildman–Crippen MR) is 117 cm³/mol. The number of nitrogens with one attached hydrogen (secondary N) is 1. The second kappa shape index (κ2) is 10.0. The highest BCUT2D eigenvalue weighted by Crippen LogP contribution is 2.23. The standard InChI is InChI=1S/C23H23N3O3S/c1-15-13-16(2)25-23(24-15)30-14-18-9-7-8-12-20(18)22(28)29-17(3)21(27)26-19-10-5-4-6-11-19/h4-13,17H,14H2,1-3H3,(H,26,27)/t17-/m0/s1. The lowest BCUT2D eigenvalue weighted by atomic mass is 10.1. The molecular formula is C23H23N3O3S. The van der Waals surface area contributed by atoms with Crippen molar-refractivity contribution in [2.45, 2.75) is 37.8 Å². The summed E-state index contributed by atoms with van der Waals surface area (Å²) in [7, 11) is 0. The number of thioether (sulfide) groups is 1. The van der Waals surface area contributed by atoms with Crippen molar-refractivity contribution in [2.75, 3.05) is 5.32 Å². The molecule has 154 valence electrons. The first kappa shape index (κ1) is 21.5. The van der Waals surface area contributed by atoms with Gasteiger partial charge >= 0.3 is 5.97 Å². The van der Waals surface area contributed by atoms with Crippen LogP contribution in [0.25, 0.3) is 0 Å². The molecule has 0 saturated carbocycles. The second-order valence-corrected chi connectivity index (χ2v) is 7.72. The first-order valence-corrected chi connectivity index (χ1v) is 10.5. The first-order valence-electron chi connectivity index (χ1n) is 9.52.